The van der Waals surface area contributed by atoms with Gasteiger partial charge in [-0.05, 0) is 12.8 Å². The van der Waals surface area contributed by atoms with Gasteiger partial charge in [0.1, 0.15) is 0 Å². The molecule has 0 radical (unpaired) electrons. The van der Waals surface area contributed by atoms with Gasteiger partial charge in [0.2, 0.25) is 0 Å². The van der Waals surface area contributed by atoms with E-state index in [2.05, 4.69) is 0 Å². The van der Waals surface area contributed by atoms with E-state index in [1.807, 2.05) is 0 Å². The van der Waals surface area contributed by atoms with Crippen molar-refractivity contribution in [3.8, 4) is 0 Å². The number of halogens is 2. The second-order valence-electron chi connectivity index (χ2n) is 1.09. The average Bonchev–Trinajstić information content (AvgIpc) is 1.61. The van der Waals surface area contributed by atoms with Gasteiger partial charge in [-0.3, -0.25) is 0 Å². The fourth-order valence-electron chi connectivity index (χ4n) is 0.189. The molecular weight excluding hydrogens is 168 g/mol. The lowest BCUT2D eigenvalue weighted by molar-refractivity contribution is 0.899. The Morgan fingerprint density at radius 2 is 1.00 bits per heavy atom. The van der Waals surface area contributed by atoms with Crippen LogP contribution in [0.15, 0.2) is 0 Å². The van der Waals surface area contributed by atoms with Gasteiger partial charge < -0.3 is 0 Å². The molecule has 0 spiro atoms. The molecule has 0 amide bonds. The monoisotopic (exact) mass is 178 g/mol. The highest BCUT2D eigenvalue weighted by Crippen LogP contribution is 1.92. The van der Waals surface area contributed by atoms with Gasteiger partial charge in [-0.1, -0.05) is 0 Å². The highest BCUT2D eigenvalue weighted by molar-refractivity contribution is 6.18. The molecule has 0 aliphatic rings. The molecule has 0 aromatic heterocycles. The number of alkyl halides is 2. The molecule has 8 heavy (non-hydrogen) atoms. The van der Waals surface area contributed by atoms with E-state index in [1.54, 1.807) is 0 Å². The maximum Gasteiger partial charge on any atom is 0.316 e. The molecule has 0 aliphatic heterocycles. The van der Waals surface area contributed by atoms with Crippen LogP contribution in [0.4, 0.5) is 0 Å². The summed E-state index contributed by atoms with van der Waals surface area (Å²) in [7, 11) is 0. The molecule has 0 rings (SSSR count). The molecule has 0 fully saturated rings. The Bertz CT molecular complexity index is 24.0. The van der Waals surface area contributed by atoms with E-state index in [-0.39, 0.29) is 46.1 Å². The third-order valence-electron chi connectivity index (χ3n) is 0.517. The Labute approximate surface area is 93.0 Å². The SMILES string of the molecule is ClCCCCCl.[MgH2].[MgH2]. The molecule has 0 bridgehead atoms. The van der Waals surface area contributed by atoms with Crippen LogP contribution in [0.1, 0.15) is 12.8 Å². The Kier molecular flexibility index (Phi) is 33.3. The summed E-state index contributed by atoms with van der Waals surface area (Å²) >= 11 is 10.6. The zero-order chi connectivity index (χ0) is 4.83. The summed E-state index contributed by atoms with van der Waals surface area (Å²) in [5, 5.41) is 0. The van der Waals surface area contributed by atoms with Gasteiger partial charge in [-0.2, -0.15) is 0 Å². The summed E-state index contributed by atoms with van der Waals surface area (Å²) in [5.74, 6) is 1.49. The van der Waals surface area contributed by atoms with Crippen LogP contribution in [0.25, 0.3) is 0 Å². The van der Waals surface area contributed by atoms with Crippen molar-refractivity contribution in [2.45, 2.75) is 12.8 Å². The topological polar surface area (TPSA) is 0 Å². The van der Waals surface area contributed by atoms with Gasteiger partial charge in [0, 0.05) is 11.8 Å². The highest BCUT2D eigenvalue weighted by atomic mass is 35.5. The first-order chi connectivity index (χ1) is 2.91. The quantitative estimate of drug-likeness (QED) is 0.335. The molecule has 0 saturated carbocycles. The number of hydrogen-bond acceptors (Lipinski definition) is 0. The number of hydrogen-bond donors (Lipinski definition) is 0. The first kappa shape index (κ1) is 16.6. The van der Waals surface area contributed by atoms with Gasteiger partial charge in [-0.15, -0.1) is 23.2 Å². The van der Waals surface area contributed by atoms with Crippen molar-refractivity contribution in [1.29, 1.82) is 0 Å². The van der Waals surface area contributed by atoms with Crippen LogP contribution in [0.3, 0.4) is 0 Å². The fourth-order valence-corrected chi connectivity index (χ4v) is 0.567. The van der Waals surface area contributed by atoms with Crippen LogP contribution < -0.4 is 0 Å². The van der Waals surface area contributed by atoms with E-state index < -0.39 is 0 Å². The average molecular weight is 180 g/mol. The summed E-state index contributed by atoms with van der Waals surface area (Å²) in [6.07, 6.45) is 2.09. The van der Waals surface area contributed by atoms with E-state index in [0.29, 0.717) is 0 Å². The smallest absolute Gasteiger partial charge is 0.127 e. The molecule has 0 aromatic rings. The predicted octanol–water partition coefficient (Wildman–Crippen LogP) is 0.412. The van der Waals surface area contributed by atoms with Crippen molar-refractivity contribution in [2.75, 3.05) is 11.8 Å². The van der Waals surface area contributed by atoms with Gasteiger partial charge in [0.15, 0.2) is 0 Å². The lowest BCUT2D eigenvalue weighted by Crippen LogP contribution is -1.74. The first-order valence-electron chi connectivity index (χ1n) is 2.03. The second kappa shape index (κ2) is 16.1. The standard InChI is InChI=1S/C4H8Cl2.2Mg.4H/c5-3-1-2-4-6;;;;;;/h1-4H2;;;;;;. The van der Waals surface area contributed by atoms with Crippen LogP contribution in [-0.4, -0.2) is 57.9 Å². The molecule has 4 heteroatoms. The van der Waals surface area contributed by atoms with Gasteiger partial charge in [0.05, 0.1) is 0 Å². The Hall–Kier alpha value is 2.11. The Morgan fingerprint density at radius 3 is 1.12 bits per heavy atom. The van der Waals surface area contributed by atoms with Crippen molar-refractivity contribution in [1.82, 2.24) is 0 Å². The zero-order valence-electron chi connectivity index (χ0n) is 3.58. The van der Waals surface area contributed by atoms with Crippen molar-refractivity contribution < 1.29 is 0 Å². The molecule has 0 heterocycles. The van der Waals surface area contributed by atoms with Crippen LogP contribution >= 0.6 is 23.2 Å². The van der Waals surface area contributed by atoms with Crippen LogP contribution in [0.2, 0.25) is 0 Å². The molecule has 0 aromatic carbocycles. The van der Waals surface area contributed by atoms with Crippen molar-refractivity contribution >= 4 is 69.3 Å². The Morgan fingerprint density at radius 1 is 0.750 bits per heavy atom. The predicted molar refractivity (Wildman–Crippen MR) is 47.8 cm³/mol. The normalized spacial score (nSPS) is 6.75. The Balaban J connectivity index is -0.000000125. The summed E-state index contributed by atoms with van der Waals surface area (Å²) in [5.41, 5.74) is 0. The van der Waals surface area contributed by atoms with E-state index in [9.17, 15) is 0 Å². The van der Waals surface area contributed by atoms with Crippen molar-refractivity contribution in [2.24, 2.45) is 0 Å². The van der Waals surface area contributed by atoms with E-state index in [1.165, 1.54) is 0 Å². The number of rotatable bonds is 3. The van der Waals surface area contributed by atoms with Crippen LogP contribution in [0.5, 0.6) is 0 Å². The van der Waals surface area contributed by atoms with Gasteiger partial charge >= 0.3 is 46.1 Å². The lowest BCUT2D eigenvalue weighted by Gasteiger charge is -1.83. The molecule has 0 saturated heterocycles. The summed E-state index contributed by atoms with van der Waals surface area (Å²) in [6, 6.07) is 0. The maximum atomic E-state index is 5.32. The van der Waals surface area contributed by atoms with Gasteiger partial charge in [-0.25, -0.2) is 0 Å². The minimum Gasteiger partial charge on any atom is -0.127 e. The number of unbranched alkanes of at least 4 members (excludes halogenated alkanes) is 1. The zero-order valence-corrected chi connectivity index (χ0v) is 5.10. The minimum atomic E-state index is 0. The highest BCUT2D eigenvalue weighted by Gasteiger charge is 1.78. The molecule has 0 N–H and O–H groups in total. The van der Waals surface area contributed by atoms with Crippen molar-refractivity contribution in [3.05, 3.63) is 0 Å². The third kappa shape index (κ3) is 15.7. The fraction of sp³-hybridized carbons (Fsp3) is 1.00. The van der Waals surface area contributed by atoms with Crippen LogP contribution in [0, 0.1) is 0 Å². The molecule has 0 aliphatic carbocycles. The molecule has 46 valence electrons. The summed E-state index contributed by atoms with van der Waals surface area (Å²) in [4.78, 5) is 0. The van der Waals surface area contributed by atoms with E-state index in [4.69, 9.17) is 23.2 Å². The van der Waals surface area contributed by atoms with E-state index >= 15 is 0 Å². The van der Waals surface area contributed by atoms with Crippen molar-refractivity contribution in [3.63, 3.8) is 0 Å². The van der Waals surface area contributed by atoms with Crippen LogP contribution in [-0.2, 0) is 0 Å². The lowest BCUT2D eigenvalue weighted by atomic mass is 10.4. The van der Waals surface area contributed by atoms with E-state index in [0.717, 1.165) is 24.6 Å². The van der Waals surface area contributed by atoms with Gasteiger partial charge in [0.25, 0.3) is 0 Å². The molecule has 0 atom stereocenters. The third-order valence-corrected chi connectivity index (χ3v) is 1.05. The first-order valence-corrected chi connectivity index (χ1v) is 3.10. The minimum absolute atomic E-state index is 0. The maximum absolute atomic E-state index is 5.32. The summed E-state index contributed by atoms with van der Waals surface area (Å²) in [6.45, 7) is 0. The largest absolute Gasteiger partial charge is 0.316 e. The molecule has 0 nitrogen and oxygen atoms in total. The molecular formula is C4H12Cl2Mg2. The summed E-state index contributed by atoms with van der Waals surface area (Å²) < 4.78 is 0. The molecule has 0 unspecified atom stereocenters. The second-order valence-corrected chi connectivity index (χ2v) is 1.84.